The van der Waals surface area contributed by atoms with E-state index < -0.39 is 35.4 Å². The number of carbonyl (C=O) groups excluding carboxylic acids is 4. The molecule has 2 aliphatic rings. The largest absolute Gasteiger partial charge is 0.478 e. The van der Waals surface area contributed by atoms with Crippen molar-refractivity contribution in [2.75, 3.05) is 110 Å². The number of pyridine rings is 1. The predicted molar refractivity (Wildman–Crippen MR) is 328 cm³/mol. The summed E-state index contributed by atoms with van der Waals surface area (Å²) in [5.74, 6) is -0.162. The number of amides is 4. The van der Waals surface area contributed by atoms with E-state index in [4.69, 9.17) is 45.0 Å². The highest BCUT2D eigenvalue weighted by molar-refractivity contribution is 7.13. The highest BCUT2D eigenvalue weighted by Gasteiger charge is 2.45. The number of benzene rings is 2. The number of rotatable bonds is 31. The summed E-state index contributed by atoms with van der Waals surface area (Å²) in [6.45, 7) is 13.9. The number of aliphatic hydroxyl groups excluding tert-OH is 1. The number of piperidine rings is 1. The first-order chi connectivity index (χ1) is 41.8. The minimum atomic E-state index is -0.981. The Morgan fingerprint density at radius 3 is 2.20 bits per heavy atom. The van der Waals surface area contributed by atoms with Crippen molar-refractivity contribution in [3.05, 3.63) is 98.8 Å². The molecule has 0 radical (unpaired) electrons. The Morgan fingerprint density at radius 1 is 0.862 bits per heavy atom. The van der Waals surface area contributed by atoms with Crippen LogP contribution in [0.3, 0.4) is 0 Å². The lowest BCUT2D eigenvalue weighted by molar-refractivity contribution is -0.144. The zero-order valence-corrected chi connectivity index (χ0v) is 52.0. The van der Waals surface area contributed by atoms with Gasteiger partial charge in [0.05, 0.1) is 112 Å². The summed E-state index contributed by atoms with van der Waals surface area (Å²) in [6.07, 6.45) is 5.41. The number of nitrogens with zero attached hydrogens (tertiary/aromatic N) is 9. The molecule has 8 rings (SSSR count). The van der Waals surface area contributed by atoms with E-state index in [2.05, 4.69) is 46.4 Å². The van der Waals surface area contributed by atoms with Crippen LogP contribution in [0.2, 0.25) is 5.02 Å². The number of aromatic nitrogens is 7. The van der Waals surface area contributed by atoms with Gasteiger partial charge in [-0.2, -0.15) is 4.98 Å². The van der Waals surface area contributed by atoms with Gasteiger partial charge in [-0.05, 0) is 79.8 Å². The average molecular weight is 1240 g/mol. The smallest absolute Gasteiger partial charge is 0.293 e. The van der Waals surface area contributed by atoms with Gasteiger partial charge >= 0.3 is 0 Å². The number of hydrogen-bond acceptors (Lipinski definition) is 20. The number of likely N-dealkylation sites (N-methyl/N-ethyl adjacent to an activating group) is 1. The van der Waals surface area contributed by atoms with Gasteiger partial charge in [-0.3, -0.25) is 24.0 Å². The summed E-state index contributed by atoms with van der Waals surface area (Å²) < 4.78 is 36.9. The molecule has 6 aromatic rings. The first-order valence-corrected chi connectivity index (χ1v) is 30.5. The van der Waals surface area contributed by atoms with E-state index in [1.165, 1.54) is 16.5 Å². The van der Waals surface area contributed by atoms with Gasteiger partial charge in [-0.25, -0.2) is 14.6 Å². The van der Waals surface area contributed by atoms with E-state index in [1.54, 1.807) is 35.3 Å². The molecule has 0 bridgehead atoms. The Morgan fingerprint density at radius 2 is 1.54 bits per heavy atom. The number of aliphatic hydroxyl groups is 1. The summed E-state index contributed by atoms with van der Waals surface area (Å²) in [5.41, 5.74) is 5.95. The number of β-amino-alcohol motifs (C(OH)–C–C–N with tert-alkyl or cyclic N) is 1. The average Bonchev–Trinajstić information content (AvgIpc) is 3.18. The third-order valence-electron chi connectivity index (χ3n) is 15.1. The van der Waals surface area contributed by atoms with Gasteiger partial charge in [-0.1, -0.05) is 61.9 Å². The number of hydrogen-bond donors (Lipinski definition) is 5. The molecule has 0 saturated carbocycles. The van der Waals surface area contributed by atoms with Crippen molar-refractivity contribution in [3.8, 4) is 16.2 Å². The first kappa shape index (κ1) is 65.8. The standard InChI is InChI=1S/C60H80ClN13O12S/c1-38(41-8-10-42(11-9-41)53-39(2)64-37-87-53)65-56(78)49-31-46(75)34-74(49)58(80)54(60(3,4)5)67-52(77)35-85-27-26-84-25-24-83-23-22-82-21-20-81-19-18-73-33-45(69-70-73)28-40-14-16-72(17-15-40)59-63-32-47(61)55(68-59)66-44-12-13-48-43(29-44)30-50(57(79)71(48)7)86-36-51(76)62-6/h8-13,29-30,32-33,37-38,40,46,49,54,75H,14-28,31,34-36H2,1-7H3,(H,62,76)(H,65,78)(H,67,77)(H,63,66,68)/t38-,46+,49-,54+/m0/s1. The molecule has 27 heteroatoms. The second kappa shape index (κ2) is 31.7. The van der Waals surface area contributed by atoms with Gasteiger partial charge in [0, 0.05) is 57.4 Å². The van der Waals surface area contributed by atoms with Crippen LogP contribution in [-0.4, -0.2) is 186 Å². The molecule has 5 N–H and O–H groups in total. The van der Waals surface area contributed by atoms with Gasteiger partial charge in [0.25, 0.3) is 11.5 Å². The number of ether oxygens (including phenoxy) is 6. The molecule has 4 aromatic heterocycles. The Bertz CT molecular complexity index is 3310. The van der Waals surface area contributed by atoms with E-state index in [0.717, 1.165) is 65.1 Å². The number of nitrogens with one attached hydrogen (secondary N) is 4. The lowest BCUT2D eigenvalue weighted by Crippen LogP contribution is -2.58. The summed E-state index contributed by atoms with van der Waals surface area (Å²) in [7, 11) is 3.15. The van der Waals surface area contributed by atoms with E-state index in [-0.39, 0.29) is 68.6 Å². The molecule has 87 heavy (non-hydrogen) atoms. The third-order valence-corrected chi connectivity index (χ3v) is 16.3. The van der Waals surface area contributed by atoms with Crippen molar-refractivity contribution in [2.45, 2.75) is 91.1 Å². The number of carbonyl (C=O) groups is 4. The Hall–Kier alpha value is -7.17. The lowest BCUT2D eigenvalue weighted by atomic mass is 9.85. The topological polar surface area (TPSA) is 290 Å². The minimum absolute atomic E-state index is 0.0292. The summed E-state index contributed by atoms with van der Waals surface area (Å²) in [5, 5.41) is 32.0. The maximum Gasteiger partial charge on any atom is 0.293 e. The third kappa shape index (κ3) is 18.7. The number of fused-ring (bicyclic) bond motifs is 1. The quantitative estimate of drug-likeness (QED) is 0.0366. The van der Waals surface area contributed by atoms with Crippen LogP contribution in [0.5, 0.6) is 5.75 Å². The second-order valence-electron chi connectivity index (χ2n) is 22.6. The van der Waals surface area contributed by atoms with Gasteiger partial charge < -0.3 is 69.2 Å². The lowest BCUT2D eigenvalue weighted by Gasteiger charge is -2.35. The maximum absolute atomic E-state index is 14.0. The molecule has 0 spiro atoms. The molecule has 470 valence electrons. The molecular weight excluding hydrogens is 1160 g/mol. The van der Waals surface area contributed by atoms with Crippen LogP contribution in [0, 0.1) is 18.3 Å². The van der Waals surface area contributed by atoms with Crippen LogP contribution in [-0.2, 0) is 62.9 Å². The predicted octanol–water partition coefficient (Wildman–Crippen LogP) is 4.79. The van der Waals surface area contributed by atoms with Crippen molar-refractivity contribution in [1.82, 2.24) is 55.4 Å². The number of anilines is 3. The number of likely N-dealkylation sites (tertiary alicyclic amines) is 1. The van der Waals surface area contributed by atoms with Gasteiger partial charge in [0.2, 0.25) is 23.7 Å². The summed E-state index contributed by atoms with van der Waals surface area (Å²) in [4.78, 5) is 83.5. The molecule has 0 unspecified atom stereocenters. The zero-order valence-electron chi connectivity index (χ0n) is 50.4. The fourth-order valence-corrected chi connectivity index (χ4v) is 11.1. The van der Waals surface area contributed by atoms with Crippen LogP contribution >= 0.6 is 22.9 Å². The van der Waals surface area contributed by atoms with Crippen LogP contribution in [0.4, 0.5) is 17.5 Å². The highest BCUT2D eigenvalue weighted by Crippen LogP contribution is 2.32. The van der Waals surface area contributed by atoms with Crippen molar-refractivity contribution >= 4 is 74.9 Å². The van der Waals surface area contributed by atoms with Gasteiger partial charge in [0.1, 0.15) is 23.7 Å². The number of halogens is 1. The molecule has 4 atom stereocenters. The van der Waals surface area contributed by atoms with Crippen molar-refractivity contribution < 1.29 is 52.7 Å². The van der Waals surface area contributed by atoms with Crippen molar-refractivity contribution in [2.24, 2.45) is 18.4 Å². The van der Waals surface area contributed by atoms with E-state index >= 15 is 0 Å². The molecule has 25 nitrogen and oxygen atoms in total. The Kier molecular flexibility index (Phi) is 23.9. The van der Waals surface area contributed by atoms with Gasteiger partial charge in [0.15, 0.2) is 18.2 Å². The fourth-order valence-electron chi connectivity index (χ4n) is 10.2. The molecular formula is C60H80ClN13O12S. The molecule has 0 aliphatic carbocycles. The van der Waals surface area contributed by atoms with E-state index in [0.29, 0.717) is 86.7 Å². The van der Waals surface area contributed by atoms with Crippen LogP contribution in [0.1, 0.15) is 70.0 Å². The first-order valence-electron chi connectivity index (χ1n) is 29.2. The molecule has 2 fully saturated rings. The molecule has 2 aromatic carbocycles. The van der Waals surface area contributed by atoms with E-state index in [1.807, 2.05) is 88.8 Å². The minimum Gasteiger partial charge on any atom is -0.478 e. The molecule has 6 heterocycles. The summed E-state index contributed by atoms with van der Waals surface area (Å²) in [6, 6.07) is 12.8. The second-order valence-corrected chi connectivity index (χ2v) is 23.9. The highest BCUT2D eigenvalue weighted by atomic mass is 35.5. The van der Waals surface area contributed by atoms with Crippen molar-refractivity contribution in [1.29, 1.82) is 0 Å². The Labute approximate surface area is 514 Å². The Balaban J connectivity index is 0.635. The van der Waals surface area contributed by atoms with Crippen LogP contribution in [0.15, 0.2) is 71.2 Å². The maximum atomic E-state index is 14.0. The fraction of sp³-hybridized carbons (Fsp3) is 0.533. The molecule has 2 aliphatic heterocycles. The van der Waals surface area contributed by atoms with Crippen molar-refractivity contribution in [3.63, 3.8) is 0 Å². The normalized spacial score (nSPS) is 16.2. The summed E-state index contributed by atoms with van der Waals surface area (Å²) >= 11 is 8.13. The number of aryl methyl sites for hydroxylation is 2. The van der Waals surface area contributed by atoms with Crippen LogP contribution in [0.25, 0.3) is 21.3 Å². The molecule has 2 saturated heterocycles. The zero-order chi connectivity index (χ0) is 62.0. The SMILES string of the molecule is CNC(=O)COc1cc2cc(Nc3nc(N4CCC(Cc5cn(CCOCCOCCOCCOCCOCC(=O)N[C@H](C(=O)N6C[C@H](O)C[C@H]6C(=O)N[C@@H](C)c6ccc(-c7scnc7C)cc6)C(C)(C)C)nn5)CC4)ncc3Cl)ccc2n(C)c1=O. The number of thiazole rings is 1. The molecule has 4 amide bonds. The monoisotopic (exact) mass is 1240 g/mol. The van der Waals surface area contributed by atoms with Crippen LogP contribution < -0.4 is 36.5 Å². The van der Waals surface area contributed by atoms with Gasteiger partial charge in [-0.15, -0.1) is 16.4 Å². The van der Waals surface area contributed by atoms with E-state index in [9.17, 15) is 29.1 Å².